The lowest BCUT2D eigenvalue weighted by Crippen LogP contribution is -2.37. The molecule has 1 aliphatic rings. The Morgan fingerprint density at radius 3 is 2.71 bits per heavy atom. The molecule has 1 unspecified atom stereocenters. The van der Waals surface area contributed by atoms with Gasteiger partial charge in [-0.2, -0.15) is 0 Å². The fraction of sp³-hybridized carbons (Fsp3) is 0.500. The van der Waals surface area contributed by atoms with E-state index >= 15 is 0 Å². The number of aryl methyl sites for hydroxylation is 1. The molecule has 0 radical (unpaired) electrons. The summed E-state index contributed by atoms with van der Waals surface area (Å²) < 4.78 is 12.7. The maximum atomic E-state index is 12.3. The van der Waals surface area contributed by atoms with Gasteiger partial charge >= 0.3 is 5.69 Å². The highest BCUT2D eigenvalue weighted by Gasteiger charge is 2.35. The van der Waals surface area contributed by atoms with E-state index in [1.165, 1.54) is 22.9 Å². The fourth-order valence-electron chi connectivity index (χ4n) is 3.64. The Kier molecular flexibility index (Phi) is 9.06. The molecule has 3 rings (SSSR count). The van der Waals surface area contributed by atoms with Crippen molar-refractivity contribution in [2.75, 3.05) is 6.54 Å². The summed E-state index contributed by atoms with van der Waals surface area (Å²) in [6.07, 6.45) is 0.377. The zero-order chi connectivity index (χ0) is 25.0. The number of amides is 1. The maximum absolute atomic E-state index is 12.3. The highest BCUT2D eigenvalue weighted by atomic mass is 35.5. The van der Waals surface area contributed by atoms with Gasteiger partial charge in [-0.15, -0.1) is 0 Å². The van der Waals surface area contributed by atoms with Crippen molar-refractivity contribution in [2.45, 2.75) is 64.1 Å². The number of carbonyl (C=O) groups excluding carboxylic acids is 1. The number of hydrogen-bond acceptors (Lipinski definition) is 6. The predicted molar refractivity (Wildman–Crippen MR) is 129 cm³/mol. The van der Waals surface area contributed by atoms with Crippen molar-refractivity contribution in [3.8, 4) is 5.75 Å². The van der Waals surface area contributed by atoms with Crippen molar-refractivity contribution in [2.24, 2.45) is 0 Å². The van der Waals surface area contributed by atoms with E-state index < -0.39 is 35.8 Å². The number of ether oxygens (including phenoxy) is 2. The van der Waals surface area contributed by atoms with Crippen molar-refractivity contribution in [3.05, 3.63) is 59.8 Å². The number of aliphatic hydroxyl groups excluding tert-OH is 1. The van der Waals surface area contributed by atoms with Gasteiger partial charge in [0.1, 0.15) is 12.0 Å². The lowest BCUT2D eigenvalue weighted by molar-refractivity contribution is -0.127. The second-order valence-corrected chi connectivity index (χ2v) is 9.22. The average molecular weight is 535 g/mol. The Labute approximate surface area is 210 Å². The van der Waals surface area contributed by atoms with Crippen molar-refractivity contribution >= 4 is 40.7 Å². The molecular weight excluding hydrogens is 509 g/mol. The van der Waals surface area contributed by atoms with Crippen LogP contribution in [-0.4, -0.2) is 45.4 Å². The van der Waals surface area contributed by atoms with Crippen LogP contribution in [-0.2, 0) is 16.0 Å². The molecule has 2 heterocycles. The summed E-state index contributed by atoms with van der Waals surface area (Å²) in [6, 6.07) is 2.89. The van der Waals surface area contributed by atoms with Crippen LogP contribution >= 0.6 is 34.8 Å². The van der Waals surface area contributed by atoms with Crippen LogP contribution in [0.25, 0.3) is 0 Å². The van der Waals surface area contributed by atoms with Crippen molar-refractivity contribution in [3.63, 3.8) is 0 Å². The molecule has 4 atom stereocenters. The van der Waals surface area contributed by atoms with Crippen LogP contribution in [0.4, 0.5) is 0 Å². The number of benzene rings is 1. The molecule has 1 aromatic heterocycles. The first kappa shape index (κ1) is 26.6. The SMILES string of the molecule is CCc1cn([C@H]2C[C@H](O)[C@@H](CCCNC(=O)C(C)Oc3cc(Cl)c(Cl)cc3Cl)O2)c(=O)[nH]c1=O. The first-order valence-electron chi connectivity index (χ1n) is 10.9. The van der Waals surface area contributed by atoms with Gasteiger partial charge in [-0.05, 0) is 32.3 Å². The van der Waals surface area contributed by atoms with E-state index in [0.717, 1.165) is 0 Å². The number of halogens is 3. The van der Waals surface area contributed by atoms with Crippen LogP contribution in [0.5, 0.6) is 5.75 Å². The smallest absolute Gasteiger partial charge is 0.330 e. The van der Waals surface area contributed by atoms with Crippen LogP contribution in [0.2, 0.25) is 15.1 Å². The second-order valence-electron chi connectivity index (χ2n) is 8.00. The Hall–Kier alpha value is -2.04. The third-order valence-electron chi connectivity index (χ3n) is 5.55. The minimum Gasteiger partial charge on any atom is -0.479 e. The summed E-state index contributed by atoms with van der Waals surface area (Å²) in [5.41, 5.74) is -0.542. The molecule has 12 heteroatoms. The van der Waals surface area contributed by atoms with Gasteiger partial charge in [0.25, 0.3) is 11.5 Å². The topological polar surface area (TPSA) is 123 Å². The quantitative estimate of drug-likeness (QED) is 0.336. The highest BCUT2D eigenvalue weighted by molar-refractivity contribution is 6.43. The van der Waals surface area contributed by atoms with E-state index in [4.69, 9.17) is 44.3 Å². The first-order valence-corrected chi connectivity index (χ1v) is 12.0. The van der Waals surface area contributed by atoms with Crippen LogP contribution < -0.4 is 21.3 Å². The summed E-state index contributed by atoms with van der Waals surface area (Å²) in [5.74, 6) is -0.101. The van der Waals surface area contributed by atoms with E-state index in [-0.39, 0.29) is 33.1 Å². The van der Waals surface area contributed by atoms with Crippen LogP contribution in [0, 0.1) is 0 Å². The van der Waals surface area contributed by atoms with E-state index in [1.54, 1.807) is 6.92 Å². The maximum Gasteiger partial charge on any atom is 0.330 e. The minimum absolute atomic E-state index is 0.224. The number of aliphatic hydroxyl groups is 1. The Bertz CT molecular complexity index is 1150. The normalized spacial score (nSPS) is 20.8. The van der Waals surface area contributed by atoms with E-state index in [2.05, 4.69) is 10.3 Å². The monoisotopic (exact) mass is 533 g/mol. The van der Waals surface area contributed by atoms with Crippen molar-refractivity contribution in [1.29, 1.82) is 0 Å². The number of hydrogen-bond donors (Lipinski definition) is 3. The Morgan fingerprint density at radius 2 is 2.00 bits per heavy atom. The lowest BCUT2D eigenvalue weighted by atomic mass is 10.1. The molecule has 1 aromatic carbocycles. The van der Waals surface area contributed by atoms with Crippen molar-refractivity contribution < 1.29 is 19.4 Å². The van der Waals surface area contributed by atoms with Gasteiger partial charge < -0.3 is 19.9 Å². The number of rotatable bonds is 9. The van der Waals surface area contributed by atoms with Gasteiger partial charge in [0.2, 0.25) is 0 Å². The molecule has 0 saturated carbocycles. The molecular formula is C22H26Cl3N3O6. The van der Waals surface area contributed by atoms with Gasteiger partial charge in [-0.25, -0.2) is 4.79 Å². The number of nitrogens with one attached hydrogen (secondary N) is 2. The summed E-state index contributed by atoms with van der Waals surface area (Å²) in [4.78, 5) is 38.6. The van der Waals surface area contributed by atoms with E-state index in [9.17, 15) is 19.5 Å². The number of aromatic nitrogens is 2. The molecule has 0 spiro atoms. The number of nitrogens with zero attached hydrogens (tertiary/aromatic N) is 1. The molecule has 9 nitrogen and oxygen atoms in total. The average Bonchev–Trinajstić information content (AvgIpc) is 3.15. The summed E-state index contributed by atoms with van der Waals surface area (Å²) in [7, 11) is 0. The Balaban J connectivity index is 1.48. The lowest BCUT2D eigenvalue weighted by Gasteiger charge is -2.18. The fourth-order valence-corrected chi connectivity index (χ4v) is 4.22. The summed E-state index contributed by atoms with van der Waals surface area (Å²) in [5, 5.41) is 13.9. The van der Waals surface area contributed by atoms with Gasteiger partial charge in [0.15, 0.2) is 6.10 Å². The molecule has 3 N–H and O–H groups in total. The molecule has 1 amide bonds. The molecule has 2 aromatic rings. The highest BCUT2D eigenvalue weighted by Crippen LogP contribution is 2.34. The second kappa shape index (κ2) is 11.6. The predicted octanol–water partition coefficient (Wildman–Crippen LogP) is 3.07. The largest absolute Gasteiger partial charge is 0.479 e. The molecule has 1 aliphatic heterocycles. The number of aromatic amines is 1. The van der Waals surface area contributed by atoms with Gasteiger partial charge in [0, 0.05) is 30.8 Å². The minimum atomic E-state index is -0.827. The van der Waals surface area contributed by atoms with E-state index in [1.807, 2.05) is 6.92 Å². The summed E-state index contributed by atoms with van der Waals surface area (Å²) >= 11 is 17.9. The number of carbonyl (C=O) groups is 1. The first-order chi connectivity index (χ1) is 16.1. The molecule has 1 fully saturated rings. The standard InChI is InChI=1S/C22H26Cl3N3O6/c1-3-12-10-28(22(32)27-21(12)31)19-9-16(29)17(34-19)5-4-6-26-20(30)11(2)33-18-8-14(24)13(23)7-15(18)25/h7-8,10-11,16-17,19,29H,3-6,9H2,1-2H3,(H,26,30)(H,27,31,32)/t11?,16-,17+,19+/m0/s1. The third-order valence-corrected chi connectivity index (χ3v) is 6.57. The van der Waals surface area contributed by atoms with E-state index in [0.29, 0.717) is 31.4 Å². The molecule has 186 valence electrons. The van der Waals surface area contributed by atoms with Crippen LogP contribution in [0.1, 0.15) is 44.9 Å². The zero-order valence-corrected chi connectivity index (χ0v) is 20.9. The molecule has 0 aliphatic carbocycles. The molecule has 34 heavy (non-hydrogen) atoms. The van der Waals surface area contributed by atoms with Crippen LogP contribution in [0.3, 0.4) is 0 Å². The van der Waals surface area contributed by atoms with Crippen molar-refractivity contribution in [1.82, 2.24) is 14.9 Å². The van der Waals surface area contributed by atoms with Gasteiger partial charge in [-0.1, -0.05) is 41.7 Å². The Morgan fingerprint density at radius 1 is 1.29 bits per heavy atom. The zero-order valence-electron chi connectivity index (χ0n) is 18.6. The summed E-state index contributed by atoms with van der Waals surface area (Å²) in [6.45, 7) is 3.72. The van der Waals surface area contributed by atoms with Crippen LogP contribution in [0.15, 0.2) is 27.9 Å². The molecule has 0 bridgehead atoms. The van der Waals surface area contributed by atoms with Gasteiger partial charge in [0.05, 0.1) is 27.3 Å². The van der Waals surface area contributed by atoms with Gasteiger partial charge in [-0.3, -0.25) is 19.1 Å². The molecule has 1 saturated heterocycles. The third kappa shape index (κ3) is 6.34. The number of H-pyrrole nitrogens is 1.